The third-order valence-corrected chi connectivity index (χ3v) is 5.21. The number of aliphatic imine (C=N–C) groups is 1. The van der Waals surface area contributed by atoms with Crippen molar-refractivity contribution in [3.05, 3.63) is 11.8 Å². The molecule has 2 aliphatic rings. The second-order valence-electron chi connectivity index (χ2n) is 7.57. The highest BCUT2D eigenvalue weighted by molar-refractivity contribution is 5.94. The normalized spacial score (nSPS) is 22.9. The van der Waals surface area contributed by atoms with Gasteiger partial charge in [-0.2, -0.15) is 0 Å². The first-order valence-electron chi connectivity index (χ1n) is 9.05. The number of amides is 1. The number of anilines is 1. The first-order valence-corrected chi connectivity index (χ1v) is 9.05. The summed E-state index contributed by atoms with van der Waals surface area (Å²) < 4.78 is 10.8. The molecule has 3 rings (SSSR count). The van der Waals surface area contributed by atoms with E-state index >= 15 is 0 Å². The van der Waals surface area contributed by atoms with Gasteiger partial charge in [0.05, 0.1) is 11.7 Å². The molecular weight excluding hydrogens is 320 g/mol. The van der Waals surface area contributed by atoms with Crippen LogP contribution in [-0.4, -0.2) is 61.1 Å². The van der Waals surface area contributed by atoms with E-state index in [1.165, 1.54) is 0 Å². The van der Waals surface area contributed by atoms with Gasteiger partial charge in [-0.15, -0.1) is 0 Å². The van der Waals surface area contributed by atoms with E-state index in [4.69, 9.17) is 9.26 Å². The van der Waals surface area contributed by atoms with Crippen LogP contribution in [0.5, 0.6) is 0 Å². The van der Waals surface area contributed by atoms with Gasteiger partial charge in [0.2, 0.25) is 11.8 Å². The number of hydrogen-bond acceptors (Lipinski definition) is 6. The van der Waals surface area contributed by atoms with Gasteiger partial charge in [0, 0.05) is 37.3 Å². The third-order valence-electron chi connectivity index (χ3n) is 5.21. The zero-order valence-electron chi connectivity index (χ0n) is 15.2. The van der Waals surface area contributed by atoms with Gasteiger partial charge in [-0.05, 0) is 38.9 Å². The van der Waals surface area contributed by atoms with E-state index in [2.05, 4.69) is 27.1 Å². The molecule has 2 aliphatic heterocycles. The highest BCUT2D eigenvalue weighted by Crippen LogP contribution is 2.28. The number of carbonyl (C=O) groups is 1. The quantitative estimate of drug-likeness (QED) is 0.798. The van der Waals surface area contributed by atoms with Gasteiger partial charge in [0.25, 0.3) is 0 Å². The molecule has 0 radical (unpaired) electrons. The summed E-state index contributed by atoms with van der Waals surface area (Å²) >= 11 is 0. The largest absolute Gasteiger partial charge is 0.381 e. The molecule has 1 unspecified atom stereocenters. The maximum absolute atomic E-state index is 12.8. The fraction of sp³-hybridized carbons (Fsp3) is 0.722. The minimum atomic E-state index is -0.268. The van der Waals surface area contributed by atoms with Gasteiger partial charge in [0.1, 0.15) is 0 Å². The van der Waals surface area contributed by atoms with Crippen LogP contribution in [0.4, 0.5) is 5.88 Å². The summed E-state index contributed by atoms with van der Waals surface area (Å²) in [6.07, 6.45) is 3.93. The number of nitrogens with zero attached hydrogens (tertiary/aromatic N) is 3. The molecule has 138 valence electrons. The Hall–Kier alpha value is -1.73. The van der Waals surface area contributed by atoms with E-state index in [0.717, 1.165) is 51.1 Å². The van der Waals surface area contributed by atoms with E-state index in [1.54, 1.807) is 6.07 Å². The van der Waals surface area contributed by atoms with Crippen LogP contribution in [0, 0.1) is 0 Å². The summed E-state index contributed by atoms with van der Waals surface area (Å²) in [5.74, 6) is 0.391. The predicted molar refractivity (Wildman–Crippen MR) is 96.1 cm³/mol. The molecule has 0 aliphatic carbocycles. The minimum absolute atomic E-state index is 0.00802. The van der Waals surface area contributed by atoms with Crippen LogP contribution in [0.1, 0.15) is 45.2 Å². The van der Waals surface area contributed by atoms with Crippen molar-refractivity contribution in [2.24, 2.45) is 4.99 Å². The zero-order valence-corrected chi connectivity index (χ0v) is 15.2. The van der Waals surface area contributed by atoms with Crippen molar-refractivity contribution in [3.8, 4) is 0 Å². The Morgan fingerprint density at radius 1 is 1.44 bits per heavy atom. The van der Waals surface area contributed by atoms with Crippen LogP contribution in [0.15, 0.2) is 15.6 Å². The summed E-state index contributed by atoms with van der Waals surface area (Å²) in [6, 6.07) is 2.13. The summed E-state index contributed by atoms with van der Waals surface area (Å²) in [5.41, 5.74) is 0.498. The molecule has 7 nitrogen and oxygen atoms in total. The molecule has 1 atom stereocenters. The summed E-state index contributed by atoms with van der Waals surface area (Å²) in [6.45, 7) is 10.7. The molecule has 1 aromatic rings. The Labute approximate surface area is 148 Å². The number of hydrogen-bond donors (Lipinski definition) is 1. The van der Waals surface area contributed by atoms with Crippen molar-refractivity contribution >= 4 is 18.5 Å². The molecule has 1 N–H and O–H groups in total. The van der Waals surface area contributed by atoms with Crippen molar-refractivity contribution in [1.82, 2.24) is 10.1 Å². The van der Waals surface area contributed by atoms with Gasteiger partial charge in [0.15, 0.2) is 0 Å². The van der Waals surface area contributed by atoms with Gasteiger partial charge in [-0.1, -0.05) is 19.0 Å². The molecule has 25 heavy (non-hydrogen) atoms. The number of carbonyl (C=O) groups excluding carboxylic acids is 1. The van der Waals surface area contributed by atoms with Crippen molar-refractivity contribution < 1.29 is 14.1 Å². The number of aromatic nitrogens is 1. The molecule has 0 bridgehead atoms. The topological polar surface area (TPSA) is 80.0 Å². The van der Waals surface area contributed by atoms with E-state index < -0.39 is 0 Å². The van der Waals surface area contributed by atoms with E-state index in [1.807, 2.05) is 13.8 Å². The molecule has 1 amide bonds. The Morgan fingerprint density at radius 2 is 2.20 bits per heavy atom. The molecule has 2 fully saturated rings. The maximum atomic E-state index is 12.8. The van der Waals surface area contributed by atoms with Crippen LogP contribution in [0.2, 0.25) is 0 Å². The maximum Gasteiger partial charge on any atom is 0.244 e. The number of nitrogens with one attached hydrogen (secondary N) is 1. The average molecular weight is 348 g/mol. The molecule has 7 heteroatoms. The minimum Gasteiger partial charge on any atom is -0.381 e. The highest BCUT2D eigenvalue weighted by Gasteiger charge is 2.36. The Kier molecular flexibility index (Phi) is 5.54. The molecule has 1 aromatic heterocycles. The van der Waals surface area contributed by atoms with Crippen molar-refractivity contribution in [1.29, 1.82) is 0 Å². The summed E-state index contributed by atoms with van der Waals surface area (Å²) in [4.78, 5) is 19.0. The van der Waals surface area contributed by atoms with E-state index in [9.17, 15) is 4.79 Å². The third kappa shape index (κ3) is 4.10. The van der Waals surface area contributed by atoms with Gasteiger partial charge >= 0.3 is 0 Å². The first kappa shape index (κ1) is 18.1. The fourth-order valence-corrected chi connectivity index (χ4v) is 3.74. The fourth-order valence-electron chi connectivity index (χ4n) is 3.74. The van der Waals surface area contributed by atoms with Crippen LogP contribution >= 0.6 is 0 Å². The predicted octanol–water partition coefficient (Wildman–Crippen LogP) is 2.23. The SMILES string of the molecule is C=NCC(C)(C)c1cc(NC(=O)C2CCCN2C2CCOCC2)on1. The molecule has 0 saturated carbocycles. The lowest BCUT2D eigenvalue weighted by atomic mass is 9.89. The van der Waals surface area contributed by atoms with Crippen molar-refractivity contribution in [3.63, 3.8) is 0 Å². The molecular formula is C18H28N4O3. The lowest BCUT2D eigenvalue weighted by Crippen LogP contribution is -2.47. The van der Waals surface area contributed by atoms with E-state index in [0.29, 0.717) is 18.5 Å². The van der Waals surface area contributed by atoms with Gasteiger partial charge in [-0.3, -0.25) is 20.0 Å². The number of rotatable bonds is 6. The standard InChI is InChI=1S/C18H28N4O3/c1-18(2,12-19-3)15-11-16(25-21-15)20-17(23)14-5-4-8-22(14)13-6-9-24-10-7-13/h11,13-14H,3-10,12H2,1-2H3,(H,20,23). The van der Waals surface area contributed by atoms with Crippen molar-refractivity contribution in [2.75, 3.05) is 31.6 Å². The van der Waals surface area contributed by atoms with Crippen LogP contribution in [-0.2, 0) is 14.9 Å². The Morgan fingerprint density at radius 3 is 2.92 bits per heavy atom. The number of likely N-dealkylation sites (tertiary alicyclic amines) is 1. The average Bonchev–Trinajstić information content (AvgIpc) is 3.25. The smallest absolute Gasteiger partial charge is 0.244 e. The lowest BCUT2D eigenvalue weighted by molar-refractivity contribution is -0.121. The first-order chi connectivity index (χ1) is 12.0. The highest BCUT2D eigenvalue weighted by atomic mass is 16.5. The van der Waals surface area contributed by atoms with Gasteiger partial charge < -0.3 is 9.26 Å². The van der Waals surface area contributed by atoms with Gasteiger partial charge in [-0.25, -0.2) is 0 Å². The zero-order chi connectivity index (χ0) is 17.9. The monoisotopic (exact) mass is 348 g/mol. The lowest BCUT2D eigenvalue weighted by Gasteiger charge is -2.34. The molecule has 3 heterocycles. The second kappa shape index (κ2) is 7.66. The Bertz CT molecular complexity index is 607. The van der Waals surface area contributed by atoms with Crippen LogP contribution < -0.4 is 5.32 Å². The summed E-state index contributed by atoms with van der Waals surface area (Å²) in [5, 5.41) is 6.99. The van der Waals surface area contributed by atoms with Crippen LogP contribution in [0.3, 0.4) is 0 Å². The van der Waals surface area contributed by atoms with Crippen molar-refractivity contribution in [2.45, 2.75) is 57.0 Å². The Balaban J connectivity index is 1.63. The second-order valence-corrected chi connectivity index (χ2v) is 7.57. The van der Waals surface area contributed by atoms with Crippen LogP contribution in [0.25, 0.3) is 0 Å². The molecule has 0 aromatic carbocycles. The molecule has 2 saturated heterocycles. The summed E-state index contributed by atoms with van der Waals surface area (Å²) in [7, 11) is 0. The van der Waals surface area contributed by atoms with E-state index in [-0.39, 0.29) is 17.4 Å². The molecule has 0 spiro atoms. The number of ether oxygens (including phenoxy) is 1.